The van der Waals surface area contributed by atoms with E-state index in [-0.39, 0.29) is 5.91 Å². The molecule has 0 saturated carbocycles. The Balaban J connectivity index is 1.94. The van der Waals surface area contributed by atoms with Crippen LogP contribution in [0.4, 0.5) is 0 Å². The SMILES string of the molecule is CCNC(=O)c1cccc(CN=C(NCC)N2CCC(COCCOC)C2)c1. The number of methoxy groups -OCH3 is 1. The molecule has 1 amide bonds. The van der Waals surface area contributed by atoms with Crippen LogP contribution in [0.1, 0.15) is 36.2 Å². The van der Waals surface area contributed by atoms with Gasteiger partial charge in [-0.25, -0.2) is 4.99 Å². The molecule has 1 heterocycles. The third kappa shape index (κ3) is 7.13. The van der Waals surface area contributed by atoms with Gasteiger partial charge in [0.05, 0.1) is 26.4 Å². The van der Waals surface area contributed by atoms with Crippen LogP contribution in [0.15, 0.2) is 29.3 Å². The number of benzene rings is 1. The van der Waals surface area contributed by atoms with E-state index in [0.29, 0.717) is 37.8 Å². The van der Waals surface area contributed by atoms with Crippen molar-refractivity contribution < 1.29 is 14.3 Å². The van der Waals surface area contributed by atoms with Gasteiger partial charge in [0.15, 0.2) is 5.96 Å². The van der Waals surface area contributed by atoms with Crippen LogP contribution in [0.2, 0.25) is 0 Å². The minimum absolute atomic E-state index is 0.0453. The molecule has 1 fully saturated rings. The number of carbonyl (C=O) groups excluding carboxylic acids is 1. The highest BCUT2D eigenvalue weighted by Gasteiger charge is 2.24. The van der Waals surface area contributed by atoms with Gasteiger partial charge < -0.3 is 25.0 Å². The van der Waals surface area contributed by atoms with Crippen LogP contribution in [0.3, 0.4) is 0 Å². The van der Waals surface area contributed by atoms with Crippen LogP contribution < -0.4 is 10.6 Å². The zero-order valence-corrected chi connectivity index (χ0v) is 17.4. The molecule has 1 aliphatic rings. The van der Waals surface area contributed by atoms with E-state index in [9.17, 15) is 4.79 Å². The number of likely N-dealkylation sites (tertiary alicyclic amines) is 1. The number of nitrogens with zero attached hydrogens (tertiary/aromatic N) is 2. The molecule has 0 aliphatic carbocycles. The number of amides is 1. The second-order valence-corrected chi connectivity index (χ2v) is 6.90. The van der Waals surface area contributed by atoms with Gasteiger partial charge in [-0.15, -0.1) is 0 Å². The molecule has 156 valence electrons. The van der Waals surface area contributed by atoms with Crippen LogP contribution in [0, 0.1) is 5.92 Å². The average molecular weight is 391 g/mol. The zero-order chi connectivity index (χ0) is 20.2. The van der Waals surface area contributed by atoms with E-state index in [0.717, 1.165) is 44.2 Å². The quantitative estimate of drug-likeness (QED) is 0.363. The minimum atomic E-state index is -0.0453. The molecule has 7 heteroatoms. The highest BCUT2D eigenvalue weighted by molar-refractivity contribution is 5.94. The molecule has 0 bridgehead atoms. The fourth-order valence-corrected chi connectivity index (χ4v) is 3.22. The summed E-state index contributed by atoms with van der Waals surface area (Å²) < 4.78 is 10.7. The predicted molar refractivity (Wildman–Crippen MR) is 112 cm³/mol. The van der Waals surface area contributed by atoms with Crippen molar-refractivity contribution in [2.45, 2.75) is 26.8 Å². The summed E-state index contributed by atoms with van der Waals surface area (Å²) in [7, 11) is 1.69. The van der Waals surface area contributed by atoms with Gasteiger partial charge >= 0.3 is 0 Å². The molecule has 1 aliphatic heterocycles. The van der Waals surface area contributed by atoms with Crippen LogP contribution in [-0.4, -0.2) is 69.9 Å². The number of hydrogen-bond acceptors (Lipinski definition) is 4. The zero-order valence-electron chi connectivity index (χ0n) is 17.4. The van der Waals surface area contributed by atoms with Crippen molar-refractivity contribution >= 4 is 11.9 Å². The first kappa shape index (κ1) is 22.2. The first-order valence-corrected chi connectivity index (χ1v) is 10.1. The number of guanidine groups is 1. The van der Waals surface area contributed by atoms with E-state index < -0.39 is 0 Å². The molecule has 0 spiro atoms. The molecule has 1 saturated heterocycles. The summed E-state index contributed by atoms with van der Waals surface area (Å²) in [6, 6.07) is 7.66. The molecule has 28 heavy (non-hydrogen) atoms. The Morgan fingerprint density at radius 3 is 2.82 bits per heavy atom. The van der Waals surface area contributed by atoms with Crippen molar-refractivity contribution in [2.24, 2.45) is 10.9 Å². The molecule has 1 aromatic carbocycles. The average Bonchev–Trinajstić information content (AvgIpc) is 3.17. The lowest BCUT2D eigenvalue weighted by Gasteiger charge is -2.21. The Morgan fingerprint density at radius 1 is 1.25 bits per heavy atom. The number of hydrogen-bond donors (Lipinski definition) is 2. The highest BCUT2D eigenvalue weighted by Crippen LogP contribution is 2.17. The molecular formula is C21H34N4O3. The van der Waals surface area contributed by atoms with Crippen molar-refractivity contribution in [3.63, 3.8) is 0 Å². The second-order valence-electron chi connectivity index (χ2n) is 6.90. The Labute approximate surface area is 168 Å². The third-order valence-electron chi connectivity index (χ3n) is 4.64. The maximum absolute atomic E-state index is 12.0. The molecule has 1 aromatic rings. The van der Waals surface area contributed by atoms with Gasteiger partial charge in [-0.05, 0) is 38.0 Å². The van der Waals surface area contributed by atoms with Crippen LogP contribution in [0.25, 0.3) is 0 Å². The monoisotopic (exact) mass is 390 g/mol. The minimum Gasteiger partial charge on any atom is -0.382 e. The molecule has 2 rings (SSSR count). The Kier molecular flexibility index (Phi) is 9.79. The molecule has 0 radical (unpaired) electrons. The maximum Gasteiger partial charge on any atom is 0.251 e. The van der Waals surface area contributed by atoms with E-state index in [4.69, 9.17) is 14.5 Å². The smallest absolute Gasteiger partial charge is 0.251 e. The summed E-state index contributed by atoms with van der Waals surface area (Å²) in [4.78, 5) is 19.1. The third-order valence-corrected chi connectivity index (χ3v) is 4.64. The summed E-state index contributed by atoms with van der Waals surface area (Å²) in [6.07, 6.45) is 1.10. The fraction of sp³-hybridized carbons (Fsp3) is 0.619. The second kappa shape index (κ2) is 12.4. The van der Waals surface area contributed by atoms with Crippen LogP contribution in [0.5, 0.6) is 0 Å². The number of ether oxygens (including phenoxy) is 2. The van der Waals surface area contributed by atoms with Gasteiger partial charge in [0.1, 0.15) is 0 Å². The van der Waals surface area contributed by atoms with Gasteiger partial charge in [0, 0.05) is 44.8 Å². The normalized spacial score (nSPS) is 17.0. The van der Waals surface area contributed by atoms with Crippen LogP contribution >= 0.6 is 0 Å². The van der Waals surface area contributed by atoms with Gasteiger partial charge in [-0.1, -0.05) is 12.1 Å². The standard InChI is InChI=1S/C21H34N4O3/c1-4-22-20(26)19-8-6-7-17(13-19)14-24-21(23-5-2)25-10-9-18(15-25)16-28-12-11-27-3/h6-8,13,18H,4-5,9-12,14-16H2,1-3H3,(H,22,26)(H,23,24). The Hall–Kier alpha value is -2.12. The Bertz CT molecular complexity index is 636. The molecule has 0 aromatic heterocycles. The molecule has 1 unspecified atom stereocenters. The van der Waals surface area contributed by atoms with Crippen molar-refractivity contribution in [2.75, 3.05) is 53.1 Å². The molecule has 2 N–H and O–H groups in total. The van der Waals surface area contributed by atoms with Gasteiger partial charge in [0.2, 0.25) is 0 Å². The van der Waals surface area contributed by atoms with E-state index in [1.54, 1.807) is 7.11 Å². The van der Waals surface area contributed by atoms with E-state index in [1.807, 2.05) is 31.2 Å². The van der Waals surface area contributed by atoms with Gasteiger partial charge in [0.25, 0.3) is 5.91 Å². The molecule has 1 atom stereocenters. The van der Waals surface area contributed by atoms with Crippen molar-refractivity contribution in [3.05, 3.63) is 35.4 Å². The van der Waals surface area contributed by atoms with Crippen molar-refractivity contribution in [1.29, 1.82) is 0 Å². The predicted octanol–water partition coefficient (Wildman–Crippen LogP) is 1.89. The lowest BCUT2D eigenvalue weighted by Crippen LogP contribution is -2.40. The van der Waals surface area contributed by atoms with Crippen LogP contribution in [-0.2, 0) is 16.0 Å². The summed E-state index contributed by atoms with van der Waals surface area (Å²) in [5.41, 5.74) is 1.70. The summed E-state index contributed by atoms with van der Waals surface area (Å²) >= 11 is 0. The highest BCUT2D eigenvalue weighted by atomic mass is 16.5. The number of rotatable bonds is 10. The Morgan fingerprint density at radius 2 is 2.07 bits per heavy atom. The van der Waals surface area contributed by atoms with Crippen molar-refractivity contribution in [3.8, 4) is 0 Å². The molecular weight excluding hydrogens is 356 g/mol. The van der Waals surface area contributed by atoms with E-state index in [2.05, 4.69) is 22.5 Å². The maximum atomic E-state index is 12.0. The van der Waals surface area contributed by atoms with Gasteiger partial charge in [-0.3, -0.25) is 4.79 Å². The topological polar surface area (TPSA) is 75.2 Å². The summed E-state index contributed by atoms with van der Waals surface area (Å²) in [5, 5.41) is 6.22. The van der Waals surface area contributed by atoms with E-state index in [1.165, 1.54) is 0 Å². The summed E-state index contributed by atoms with van der Waals surface area (Å²) in [5.74, 6) is 1.39. The number of carbonyl (C=O) groups is 1. The van der Waals surface area contributed by atoms with Crippen molar-refractivity contribution in [1.82, 2.24) is 15.5 Å². The largest absolute Gasteiger partial charge is 0.382 e. The fourth-order valence-electron chi connectivity index (χ4n) is 3.22. The molecule has 7 nitrogen and oxygen atoms in total. The number of nitrogens with one attached hydrogen (secondary N) is 2. The first-order chi connectivity index (χ1) is 13.7. The summed E-state index contributed by atoms with van der Waals surface area (Å²) in [6.45, 7) is 9.93. The lowest BCUT2D eigenvalue weighted by atomic mass is 10.1. The van der Waals surface area contributed by atoms with E-state index >= 15 is 0 Å². The lowest BCUT2D eigenvalue weighted by molar-refractivity contribution is 0.0536. The first-order valence-electron chi connectivity index (χ1n) is 10.1. The van der Waals surface area contributed by atoms with Gasteiger partial charge in [-0.2, -0.15) is 0 Å². The number of aliphatic imine (C=N–C) groups is 1.